The number of hydrogen-bond acceptors (Lipinski definition) is 3. The predicted molar refractivity (Wildman–Crippen MR) is 88.2 cm³/mol. The van der Waals surface area contributed by atoms with Crippen LogP contribution in [0.3, 0.4) is 0 Å². The van der Waals surface area contributed by atoms with Crippen LogP contribution in [0.25, 0.3) is 10.8 Å². The first-order valence-electron chi connectivity index (χ1n) is 7.19. The van der Waals surface area contributed by atoms with Crippen LogP contribution in [-0.2, 0) is 0 Å². The smallest absolute Gasteiger partial charge is 0.133 e. The molecule has 0 aliphatic carbocycles. The zero-order valence-corrected chi connectivity index (χ0v) is 13.4. The second-order valence-electron chi connectivity index (χ2n) is 5.62. The summed E-state index contributed by atoms with van der Waals surface area (Å²) in [7, 11) is 2.20. The van der Waals surface area contributed by atoms with Gasteiger partial charge in [0.25, 0.3) is 0 Å². The van der Waals surface area contributed by atoms with Gasteiger partial charge >= 0.3 is 0 Å². The van der Waals surface area contributed by atoms with E-state index >= 15 is 0 Å². The van der Waals surface area contributed by atoms with Crippen LogP contribution in [0.4, 0.5) is 5.82 Å². The van der Waals surface area contributed by atoms with Gasteiger partial charge in [-0.05, 0) is 51.0 Å². The summed E-state index contributed by atoms with van der Waals surface area (Å²) in [4.78, 5) is 6.91. The maximum Gasteiger partial charge on any atom is 0.133 e. The molecule has 1 fully saturated rings. The summed E-state index contributed by atoms with van der Waals surface area (Å²) in [5.41, 5.74) is 0. The first-order chi connectivity index (χ1) is 9.74. The van der Waals surface area contributed by atoms with Gasteiger partial charge in [0.1, 0.15) is 5.82 Å². The summed E-state index contributed by atoms with van der Waals surface area (Å²) in [6, 6.07) is 8.32. The summed E-state index contributed by atoms with van der Waals surface area (Å²) in [5.74, 6) is 1.76. The number of likely N-dealkylation sites (tertiary alicyclic amines) is 1. The number of hydrogen-bond donors (Lipinski definition) is 1. The third-order valence-electron chi connectivity index (χ3n) is 4.15. The Hall–Kier alpha value is -1.13. The van der Waals surface area contributed by atoms with Crippen LogP contribution in [0.2, 0.25) is 0 Å². The number of anilines is 1. The van der Waals surface area contributed by atoms with E-state index in [-0.39, 0.29) is 0 Å². The van der Waals surface area contributed by atoms with Crippen molar-refractivity contribution in [1.29, 1.82) is 0 Å². The summed E-state index contributed by atoms with van der Waals surface area (Å²) in [5, 5.41) is 5.95. The molecule has 0 spiro atoms. The fourth-order valence-electron chi connectivity index (χ4n) is 2.82. The fraction of sp³-hybridized carbons (Fsp3) is 0.438. The molecular formula is C16H20BrN3. The highest BCUT2D eigenvalue weighted by atomic mass is 79.9. The molecule has 0 bridgehead atoms. The summed E-state index contributed by atoms with van der Waals surface area (Å²) in [6.45, 7) is 3.44. The van der Waals surface area contributed by atoms with Gasteiger partial charge in [0, 0.05) is 28.0 Å². The van der Waals surface area contributed by atoms with Crippen molar-refractivity contribution in [3.63, 3.8) is 0 Å². The molecule has 3 rings (SSSR count). The van der Waals surface area contributed by atoms with Gasteiger partial charge in [0.15, 0.2) is 0 Å². The average molecular weight is 334 g/mol. The van der Waals surface area contributed by atoms with Gasteiger partial charge in [0.2, 0.25) is 0 Å². The van der Waals surface area contributed by atoms with E-state index in [1.165, 1.54) is 36.7 Å². The van der Waals surface area contributed by atoms with E-state index in [2.05, 4.69) is 62.4 Å². The lowest BCUT2D eigenvalue weighted by atomic mass is 9.97. The fourth-order valence-corrected chi connectivity index (χ4v) is 3.32. The molecule has 0 radical (unpaired) electrons. The monoisotopic (exact) mass is 333 g/mol. The number of nitrogens with one attached hydrogen (secondary N) is 1. The number of piperidine rings is 1. The zero-order chi connectivity index (χ0) is 13.9. The Morgan fingerprint density at radius 3 is 2.85 bits per heavy atom. The van der Waals surface area contributed by atoms with E-state index in [0.717, 1.165) is 22.8 Å². The number of nitrogens with zero attached hydrogens (tertiary/aromatic N) is 2. The molecule has 1 aliphatic heterocycles. The second-order valence-corrected chi connectivity index (χ2v) is 6.48. The van der Waals surface area contributed by atoms with Crippen molar-refractivity contribution in [2.24, 2.45) is 5.92 Å². The number of fused-ring (bicyclic) bond motifs is 1. The van der Waals surface area contributed by atoms with E-state index < -0.39 is 0 Å². The van der Waals surface area contributed by atoms with E-state index in [0.29, 0.717) is 0 Å². The van der Waals surface area contributed by atoms with Gasteiger partial charge in [-0.3, -0.25) is 0 Å². The Kier molecular flexibility index (Phi) is 4.22. The first-order valence-corrected chi connectivity index (χ1v) is 7.99. The predicted octanol–water partition coefficient (Wildman–Crippen LogP) is 3.75. The molecule has 20 heavy (non-hydrogen) atoms. The molecule has 2 aromatic rings. The Balaban J connectivity index is 1.73. The van der Waals surface area contributed by atoms with Gasteiger partial charge in [-0.2, -0.15) is 0 Å². The van der Waals surface area contributed by atoms with E-state index in [1.807, 2.05) is 6.20 Å². The first kappa shape index (κ1) is 13.8. The molecule has 4 heteroatoms. The highest BCUT2D eigenvalue weighted by Crippen LogP contribution is 2.28. The molecule has 0 atom stereocenters. The molecule has 0 amide bonds. The van der Waals surface area contributed by atoms with Crippen molar-refractivity contribution >= 4 is 32.5 Å². The number of halogens is 1. The van der Waals surface area contributed by atoms with Crippen molar-refractivity contribution in [3.05, 3.63) is 34.9 Å². The largest absolute Gasteiger partial charge is 0.369 e. The maximum absolute atomic E-state index is 4.50. The molecule has 1 aromatic carbocycles. The third-order valence-corrected chi connectivity index (χ3v) is 4.84. The molecule has 1 aromatic heterocycles. The van der Waals surface area contributed by atoms with E-state index in [9.17, 15) is 0 Å². The molecule has 2 heterocycles. The van der Waals surface area contributed by atoms with Crippen LogP contribution < -0.4 is 5.32 Å². The van der Waals surface area contributed by atoms with E-state index in [4.69, 9.17) is 0 Å². The maximum atomic E-state index is 4.50. The average Bonchev–Trinajstić information content (AvgIpc) is 2.47. The van der Waals surface area contributed by atoms with Crippen molar-refractivity contribution < 1.29 is 0 Å². The number of aromatic nitrogens is 1. The third kappa shape index (κ3) is 2.96. The minimum atomic E-state index is 0.760. The van der Waals surface area contributed by atoms with Crippen LogP contribution >= 0.6 is 15.9 Å². The van der Waals surface area contributed by atoms with Crippen molar-refractivity contribution in [1.82, 2.24) is 9.88 Å². The van der Waals surface area contributed by atoms with Crippen LogP contribution in [0.5, 0.6) is 0 Å². The Labute approximate surface area is 128 Å². The van der Waals surface area contributed by atoms with Crippen molar-refractivity contribution in [2.45, 2.75) is 12.8 Å². The van der Waals surface area contributed by atoms with Crippen LogP contribution in [-0.4, -0.2) is 36.6 Å². The van der Waals surface area contributed by atoms with Gasteiger partial charge in [0.05, 0.1) is 0 Å². The normalized spacial score (nSPS) is 17.5. The van der Waals surface area contributed by atoms with Crippen molar-refractivity contribution in [2.75, 3.05) is 32.0 Å². The van der Waals surface area contributed by atoms with Gasteiger partial charge < -0.3 is 10.2 Å². The molecule has 1 saturated heterocycles. The lowest BCUT2D eigenvalue weighted by Gasteiger charge is -2.29. The number of benzene rings is 1. The van der Waals surface area contributed by atoms with Crippen LogP contribution in [0, 0.1) is 5.92 Å². The number of pyridine rings is 1. The van der Waals surface area contributed by atoms with Crippen molar-refractivity contribution in [3.8, 4) is 0 Å². The summed E-state index contributed by atoms with van der Waals surface area (Å²) >= 11 is 3.60. The van der Waals surface area contributed by atoms with Crippen LogP contribution in [0.1, 0.15) is 12.8 Å². The van der Waals surface area contributed by atoms with Gasteiger partial charge in [-0.15, -0.1) is 0 Å². The Morgan fingerprint density at radius 1 is 1.25 bits per heavy atom. The quantitative estimate of drug-likeness (QED) is 0.927. The minimum Gasteiger partial charge on any atom is -0.369 e. The molecule has 1 N–H and O–H groups in total. The summed E-state index contributed by atoms with van der Waals surface area (Å²) < 4.78 is 1.12. The lowest BCUT2D eigenvalue weighted by molar-refractivity contribution is 0.226. The van der Waals surface area contributed by atoms with Crippen LogP contribution in [0.15, 0.2) is 34.9 Å². The molecule has 0 unspecified atom stereocenters. The Morgan fingerprint density at radius 2 is 2.05 bits per heavy atom. The summed E-state index contributed by atoms with van der Waals surface area (Å²) in [6.07, 6.45) is 4.43. The number of rotatable bonds is 3. The molecule has 3 nitrogen and oxygen atoms in total. The standard InChI is InChI=1S/C16H20BrN3/c1-20-9-6-12(7-10-20)11-19-16-14-3-2-4-15(17)13(14)5-8-18-16/h2-5,8,12H,6-7,9-11H2,1H3,(H,18,19). The highest BCUT2D eigenvalue weighted by Gasteiger charge is 2.16. The van der Waals surface area contributed by atoms with Gasteiger partial charge in [-0.1, -0.05) is 28.1 Å². The molecule has 106 valence electrons. The highest BCUT2D eigenvalue weighted by molar-refractivity contribution is 9.10. The topological polar surface area (TPSA) is 28.2 Å². The second kappa shape index (κ2) is 6.10. The Bertz CT molecular complexity index is 591. The lowest BCUT2D eigenvalue weighted by Crippen LogP contribution is -2.33. The molecular weight excluding hydrogens is 314 g/mol. The SMILES string of the molecule is CN1CCC(CNc2nccc3c(Br)cccc23)CC1. The molecule has 1 aliphatic rings. The van der Waals surface area contributed by atoms with E-state index in [1.54, 1.807) is 0 Å². The minimum absolute atomic E-state index is 0.760. The molecule has 0 saturated carbocycles. The van der Waals surface area contributed by atoms with Gasteiger partial charge in [-0.25, -0.2) is 4.98 Å². The zero-order valence-electron chi connectivity index (χ0n) is 11.8.